The lowest BCUT2D eigenvalue weighted by molar-refractivity contribution is -0.178. The second kappa shape index (κ2) is 19.8. The van der Waals surface area contributed by atoms with Gasteiger partial charge in [0.15, 0.2) is 0 Å². The summed E-state index contributed by atoms with van der Waals surface area (Å²) in [6, 6.07) is 32.5. The van der Waals surface area contributed by atoms with Gasteiger partial charge in [0.1, 0.15) is 48.0 Å². The van der Waals surface area contributed by atoms with Crippen molar-refractivity contribution in [2.24, 2.45) is 11.8 Å². The molecule has 3 aliphatic heterocycles. The van der Waals surface area contributed by atoms with Gasteiger partial charge in [0, 0.05) is 12.1 Å². The van der Waals surface area contributed by atoms with Crippen LogP contribution in [0.3, 0.4) is 0 Å². The van der Waals surface area contributed by atoms with Crippen molar-refractivity contribution in [3.05, 3.63) is 168 Å². The molecule has 5 aromatic carbocycles. The lowest BCUT2D eigenvalue weighted by Crippen LogP contribution is -2.57. The average Bonchev–Trinajstić information content (AvgIpc) is 4.02. The highest BCUT2D eigenvalue weighted by atomic mass is 16.6. The summed E-state index contributed by atoms with van der Waals surface area (Å²) < 4.78 is 19.1. The number of para-hydroxylation sites is 1. The molecule has 0 unspecified atom stereocenters. The molecule has 70 heavy (non-hydrogen) atoms. The van der Waals surface area contributed by atoms with Crippen molar-refractivity contribution in [2.75, 3.05) is 31.8 Å². The molecule has 16 nitrogen and oxygen atoms in total. The van der Waals surface area contributed by atoms with Gasteiger partial charge in [0.2, 0.25) is 11.8 Å². The van der Waals surface area contributed by atoms with Crippen LogP contribution in [0, 0.1) is 23.7 Å². The van der Waals surface area contributed by atoms with Crippen LogP contribution < -0.4 is 20.3 Å². The lowest BCUT2D eigenvalue weighted by atomic mass is 9.65. The summed E-state index contributed by atoms with van der Waals surface area (Å²) in [7, 11) is 1.21. The number of benzene rings is 5. The third-order valence-electron chi connectivity index (χ3n) is 13.2. The van der Waals surface area contributed by atoms with Crippen LogP contribution >= 0.6 is 0 Å². The topological polar surface area (TPSA) is 195 Å². The van der Waals surface area contributed by atoms with Crippen LogP contribution in [0.2, 0.25) is 0 Å². The van der Waals surface area contributed by atoms with Gasteiger partial charge >= 0.3 is 18.0 Å². The Hall–Kier alpha value is -8.13. The highest BCUT2D eigenvalue weighted by molar-refractivity contribution is 6.25. The number of aliphatic hydroxyl groups is 1. The second-order valence-electron chi connectivity index (χ2n) is 17.5. The number of carbonyl (C=O) groups excluding carboxylic acids is 5. The maximum absolute atomic E-state index is 16.5. The second-order valence-corrected chi connectivity index (χ2v) is 17.5. The number of methoxy groups -OCH3 is 1. The SMILES string of the molecule is C=CCNC(=O)[C@@H]1[C@H]2C(=O)O[C@H](c3ccccc3)[C@H](c3ccccc3)N2[C@H](c2ccc(OCCO)cc2)[C@@]12C(=O)N(C(=O)N[C@H](C(=O)OC)C(C)C)c1ccc(C#CCn3nnc4ccccc43)cc12. The van der Waals surface area contributed by atoms with E-state index in [2.05, 4.69) is 39.4 Å². The third kappa shape index (κ3) is 8.22. The molecule has 9 rings (SSSR count). The van der Waals surface area contributed by atoms with E-state index in [1.165, 1.54) is 13.2 Å². The van der Waals surface area contributed by atoms with E-state index in [0.717, 1.165) is 16.0 Å². The molecule has 356 valence electrons. The number of hydrogen-bond donors (Lipinski definition) is 3. The molecule has 16 heteroatoms. The summed E-state index contributed by atoms with van der Waals surface area (Å²) in [5, 5.41) is 23.8. The smallest absolute Gasteiger partial charge is 0.329 e. The summed E-state index contributed by atoms with van der Waals surface area (Å²) in [5.74, 6) is 1.80. The van der Waals surface area contributed by atoms with Gasteiger partial charge in [-0.1, -0.05) is 122 Å². The van der Waals surface area contributed by atoms with Crippen LogP contribution in [0.4, 0.5) is 10.5 Å². The first-order valence-corrected chi connectivity index (χ1v) is 23.0. The van der Waals surface area contributed by atoms with E-state index in [4.69, 9.17) is 14.2 Å². The Morgan fingerprint density at radius 1 is 0.900 bits per heavy atom. The van der Waals surface area contributed by atoms with Crippen LogP contribution in [0.15, 0.2) is 140 Å². The number of ether oxygens (including phenoxy) is 3. The lowest BCUT2D eigenvalue weighted by Gasteiger charge is -2.46. The molecule has 7 atom stereocenters. The first-order chi connectivity index (χ1) is 34.0. The summed E-state index contributed by atoms with van der Waals surface area (Å²) in [4.78, 5) is 78.3. The number of nitrogens with zero attached hydrogens (tertiary/aromatic N) is 5. The number of urea groups is 1. The summed E-state index contributed by atoms with van der Waals surface area (Å²) in [6.07, 6.45) is 0.549. The normalized spacial score (nSPS) is 21.8. The van der Waals surface area contributed by atoms with E-state index in [-0.39, 0.29) is 37.6 Å². The van der Waals surface area contributed by atoms with Crippen molar-refractivity contribution in [2.45, 2.75) is 56.1 Å². The van der Waals surface area contributed by atoms with Gasteiger partial charge in [-0.2, -0.15) is 0 Å². The fourth-order valence-corrected chi connectivity index (χ4v) is 10.3. The molecule has 6 aromatic rings. The number of rotatable bonds is 13. The zero-order valence-electron chi connectivity index (χ0n) is 38.7. The Labute approximate surface area is 404 Å². The molecule has 0 saturated carbocycles. The Bertz CT molecular complexity index is 3020. The zero-order valence-corrected chi connectivity index (χ0v) is 38.7. The van der Waals surface area contributed by atoms with Gasteiger partial charge in [-0.3, -0.25) is 19.3 Å². The summed E-state index contributed by atoms with van der Waals surface area (Å²) in [5.41, 5.74) is 2.06. The summed E-state index contributed by atoms with van der Waals surface area (Å²) in [6.45, 7) is 7.20. The van der Waals surface area contributed by atoms with Crippen LogP contribution in [-0.4, -0.2) is 93.7 Å². The van der Waals surface area contributed by atoms with Crippen LogP contribution in [-0.2, 0) is 40.6 Å². The fourth-order valence-electron chi connectivity index (χ4n) is 10.3. The molecule has 2 fully saturated rings. The van der Waals surface area contributed by atoms with Crippen LogP contribution in [0.1, 0.15) is 59.9 Å². The number of aliphatic hydroxyl groups excluding tert-OH is 1. The number of esters is 2. The molecule has 3 N–H and O–H groups in total. The molecule has 0 radical (unpaired) electrons. The molecule has 2 saturated heterocycles. The van der Waals surface area contributed by atoms with E-state index >= 15 is 19.2 Å². The minimum atomic E-state index is -2.09. The van der Waals surface area contributed by atoms with Gasteiger partial charge in [0.25, 0.3) is 0 Å². The molecule has 0 bridgehead atoms. The van der Waals surface area contributed by atoms with Crippen LogP contribution in [0.25, 0.3) is 11.0 Å². The molecular formula is C54H51N7O9. The van der Waals surface area contributed by atoms with E-state index in [1.54, 1.807) is 61.0 Å². The van der Waals surface area contributed by atoms with Gasteiger partial charge in [0.05, 0.1) is 42.9 Å². The molecule has 0 aliphatic carbocycles. The van der Waals surface area contributed by atoms with E-state index < -0.39 is 77.3 Å². The van der Waals surface area contributed by atoms with Crippen molar-refractivity contribution in [3.63, 3.8) is 0 Å². The molecule has 3 aliphatic rings. The standard InChI is InChI=1S/C54H51N7O9/c1-5-28-55-49(63)43-46-51(65)70-47(36-18-10-7-11-19-36)45(35-16-8-6-9-17-35)61(46)48(37-23-25-38(26-24-37)69-31-30-62)54(43)39-32-34(15-14-29-59-42-21-13-12-20-40(42)57-58-59)22-27-41(39)60(52(54)66)53(67)56-44(33(2)3)50(64)68-4/h5-13,16-27,32-33,43-48,62H,1,28-31H2,2-4H3,(H,55,63)(H,56,67)/t43-,44-,45-,46-,47+,48+,54-/m0/s1. The number of anilines is 1. The van der Waals surface area contributed by atoms with E-state index in [9.17, 15) is 9.90 Å². The summed E-state index contributed by atoms with van der Waals surface area (Å²) >= 11 is 0. The monoisotopic (exact) mass is 941 g/mol. The fraction of sp³-hybridized carbons (Fsp3) is 0.278. The average molecular weight is 942 g/mol. The number of fused-ring (bicyclic) bond motifs is 4. The van der Waals surface area contributed by atoms with Gasteiger partial charge in [-0.15, -0.1) is 11.7 Å². The number of nitrogens with one attached hydrogen (secondary N) is 2. The zero-order chi connectivity index (χ0) is 49.1. The number of carbonyl (C=O) groups is 5. The molecule has 4 heterocycles. The number of amides is 4. The van der Waals surface area contributed by atoms with Gasteiger partial charge in [-0.25, -0.2) is 19.2 Å². The van der Waals surface area contributed by atoms with Crippen molar-refractivity contribution in [1.29, 1.82) is 0 Å². The Morgan fingerprint density at radius 3 is 2.29 bits per heavy atom. The van der Waals surface area contributed by atoms with Crippen molar-refractivity contribution >= 4 is 46.5 Å². The third-order valence-corrected chi connectivity index (χ3v) is 13.2. The van der Waals surface area contributed by atoms with Gasteiger partial charge in [-0.05, 0) is 70.6 Å². The van der Waals surface area contributed by atoms with Crippen molar-refractivity contribution in [3.8, 4) is 17.6 Å². The predicted molar refractivity (Wildman–Crippen MR) is 258 cm³/mol. The number of hydrogen-bond acceptors (Lipinski definition) is 12. The highest BCUT2D eigenvalue weighted by Gasteiger charge is 2.75. The Kier molecular flexibility index (Phi) is 13.3. The molecule has 1 aromatic heterocycles. The Balaban J connectivity index is 1.32. The number of aromatic nitrogens is 3. The number of morpholine rings is 1. The van der Waals surface area contributed by atoms with Crippen LogP contribution in [0.5, 0.6) is 5.75 Å². The van der Waals surface area contributed by atoms with Crippen molar-refractivity contribution in [1.82, 2.24) is 30.5 Å². The maximum atomic E-state index is 16.5. The number of imide groups is 1. The van der Waals surface area contributed by atoms with Gasteiger partial charge < -0.3 is 30.0 Å². The first kappa shape index (κ1) is 47.0. The molecule has 1 spiro atoms. The quantitative estimate of drug-likeness (QED) is 0.0725. The highest BCUT2D eigenvalue weighted by Crippen LogP contribution is 2.66. The maximum Gasteiger partial charge on any atom is 0.329 e. The molecular weight excluding hydrogens is 891 g/mol. The van der Waals surface area contributed by atoms with E-state index in [0.29, 0.717) is 28.0 Å². The first-order valence-electron chi connectivity index (χ1n) is 23.0. The minimum Gasteiger partial charge on any atom is -0.491 e. The van der Waals surface area contributed by atoms with Crippen molar-refractivity contribution < 1.29 is 43.3 Å². The van der Waals surface area contributed by atoms with E-state index in [1.807, 2.05) is 89.8 Å². The Morgan fingerprint density at radius 2 is 1.60 bits per heavy atom. The predicted octanol–water partition coefficient (Wildman–Crippen LogP) is 5.73. The molecule has 4 amide bonds. The number of cyclic esters (lactones) is 1. The minimum absolute atomic E-state index is 0.0168. The largest absolute Gasteiger partial charge is 0.491 e.